The van der Waals surface area contributed by atoms with E-state index in [9.17, 15) is 0 Å². The van der Waals surface area contributed by atoms with E-state index in [1.165, 1.54) is 82.6 Å². The van der Waals surface area contributed by atoms with Gasteiger partial charge in [0.25, 0.3) is 0 Å². The molecule has 0 N–H and O–H groups in total. The second kappa shape index (κ2) is 15.3. The van der Waals surface area contributed by atoms with Crippen molar-refractivity contribution in [2.45, 2.75) is 95.9 Å². The number of unbranched alkanes of at least 4 members (excludes halogenated alkanes) is 10. The zero-order valence-corrected chi connectivity index (χ0v) is 18.2. The van der Waals surface area contributed by atoms with Crippen molar-refractivity contribution in [2.24, 2.45) is 0 Å². The summed E-state index contributed by atoms with van der Waals surface area (Å²) in [6.45, 7) is 2.28. The molecule has 0 aromatic heterocycles. The Morgan fingerprint density at radius 2 is 1.25 bits per heavy atom. The van der Waals surface area contributed by atoms with Gasteiger partial charge < -0.3 is 0 Å². The van der Waals surface area contributed by atoms with Crippen LogP contribution in [0.2, 0.25) is 5.54 Å². The summed E-state index contributed by atoms with van der Waals surface area (Å²) >= 11 is 12.7. The SMILES string of the molecule is CCCCCCCCCCCCCC(Cc1ccccc1)[SiH](Cl)Cl. The average molecular weight is 388 g/mol. The molecule has 0 fully saturated rings. The molecule has 0 aliphatic carbocycles. The van der Waals surface area contributed by atoms with Crippen molar-refractivity contribution in [2.75, 3.05) is 0 Å². The Labute approximate surface area is 161 Å². The van der Waals surface area contributed by atoms with Crippen LogP contribution in [0.15, 0.2) is 30.3 Å². The second-order valence-corrected chi connectivity index (χ2v) is 12.2. The first-order valence-corrected chi connectivity index (χ1v) is 14.2. The minimum Gasteiger partial charge on any atom is -0.150 e. The molecule has 138 valence electrons. The molecule has 24 heavy (non-hydrogen) atoms. The molecule has 1 aromatic rings. The molecule has 0 heterocycles. The first kappa shape index (κ1) is 22.1. The minimum absolute atomic E-state index is 0.522. The lowest BCUT2D eigenvalue weighted by atomic mass is 10.0. The molecule has 0 aliphatic rings. The number of hydrogen-bond acceptors (Lipinski definition) is 0. The Morgan fingerprint density at radius 1 is 0.750 bits per heavy atom. The molecule has 0 aliphatic heterocycles. The molecule has 1 unspecified atom stereocenters. The predicted molar refractivity (Wildman–Crippen MR) is 114 cm³/mol. The van der Waals surface area contributed by atoms with Crippen molar-refractivity contribution < 1.29 is 0 Å². The molecule has 0 amide bonds. The van der Waals surface area contributed by atoms with E-state index in [2.05, 4.69) is 37.3 Å². The Morgan fingerprint density at radius 3 is 1.75 bits per heavy atom. The van der Waals surface area contributed by atoms with Gasteiger partial charge in [-0.15, -0.1) is 0 Å². The lowest BCUT2D eigenvalue weighted by Crippen LogP contribution is -2.10. The van der Waals surface area contributed by atoms with Gasteiger partial charge in [-0.2, -0.15) is 22.2 Å². The molecule has 1 rings (SSSR count). The van der Waals surface area contributed by atoms with Gasteiger partial charge in [-0.25, -0.2) is 0 Å². The van der Waals surface area contributed by atoms with Crippen LogP contribution in [0.1, 0.15) is 89.5 Å². The van der Waals surface area contributed by atoms with E-state index in [0.29, 0.717) is 5.54 Å². The first-order chi connectivity index (χ1) is 11.7. The van der Waals surface area contributed by atoms with Crippen LogP contribution in [-0.2, 0) is 6.42 Å². The minimum atomic E-state index is -1.60. The Hall–Kier alpha value is 0.0169. The van der Waals surface area contributed by atoms with Gasteiger partial charge in [-0.05, 0) is 17.5 Å². The molecule has 0 nitrogen and oxygen atoms in total. The second-order valence-electron chi connectivity index (χ2n) is 7.11. The zero-order valence-electron chi connectivity index (χ0n) is 15.5. The third-order valence-electron chi connectivity index (χ3n) is 4.88. The van der Waals surface area contributed by atoms with Crippen LogP contribution in [0.5, 0.6) is 0 Å². The van der Waals surface area contributed by atoms with Crippen LogP contribution in [0.3, 0.4) is 0 Å². The first-order valence-electron chi connectivity index (χ1n) is 10.1. The van der Waals surface area contributed by atoms with Crippen LogP contribution in [0.4, 0.5) is 0 Å². The van der Waals surface area contributed by atoms with Crippen LogP contribution in [0, 0.1) is 0 Å². The van der Waals surface area contributed by atoms with E-state index in [4.69, 9.17) is 22.2 Å². The zero-order chi connectivity index (χ0) is 17.5. The van der Waals surface area contributed by atoms with Crippen LogP contribution < -0.4 is 0 Å². The van der Waals surface area contributed by atoms with Crippen LogP contribution in [-0.4, -0.2) is 7.42 Å². The maximum Gasteiger partial charge on any atom is 0.240 e. The van der Waals surface area contributed by atoms with Crippen molar-refractivity contribution >= 4 is 29.6 Å². The molecule has 0 bridgehead atoms. The van der Waals surface area contributed by atoms with Crippen molar-refractivity contribution in [3.63, 3.8) is 0 Å². The van der Waals surface area contributed by atoms with Gasteiger partial charge >= 0.3 is 0 Å². The summed E-state index contributed by atoms with van der Waals surface area (Å²) in [5, 5.41) is 0. The van der Waals surface area contributed by atoms with E-state index in [1.54, 1.807) is 0 Å². The smallest absolute Gasteiger partial charge is 0.150 e. The number of benzene rings is 1. The third-order valence-corrected chi connectivity index (χ3v) is 8.30. The highest BCUT2D eigenvalue weighted by Crippen LogP contribution is 2.28. The van der Waals surface area contributed by atoms with E-state index in [1.807, 2.05) is 0 Å². The summed E-state index contributed by atoms with van der Waals surface area (Å²) in [5.41, 5.74) is 1.90. The van der Waals surface area contributed by atoms with Crippen molar-refractivity contribution in [3.05, 3.63) is 35.9 Å². The lowest BCUT2D eigenvalue weighted by Gasteiger charge is -2.16. The van der Waals surface area contributed by atoms with Crippen LogP contribution >= 0.6 is 22.2 Å². The van der Waals surface area contributed by atoms with E-state index in [0.717, 1.165) is 6.42 Å². The van der Waals surface area contributed by atoms with Gasteiger partial charge in [0.15, 0.2) is 0 Å². The van der Waals surface area contributed by atoms with E-state index in [-0.39, 0.29) is 0 Å². The summed E-state index contributed by atoms with van der Waals surface area (Å²) < 4.78 is 0. The average Bonchev–Trinajstić information content (AvgIpc) is 2.59. The number of halogens is 2. The van der Waals surface area contributed by atoms with Gasteiger partial charge in [0, 0.05) is 0 Å². The monoisotopic (exact) mass is 386 g/mol. The van der Waals surface area contributed by atoms with Crippen molar-refractivity contribution in [1.29, 1.82) is 0 Å². The fourth-order valence-electron chi connectivity index (χ4n) is 3.30. The van der Waals surface area contributed by atoms with Crippen molar-refractivity contribution in [3.8, 4) is 0 Å². The standard InChI is InChI=1S/C21H36Cl2Si/c1-2-3-4-5-6-7-8-9-10-11-15-18-21(24(22)23)19-20-16-13-12-14-17-20/h12-14,16-17,21,24H,2-11,15,18-19H2,1H3. The normalized spacial score (nSPS) is 12.7. The molecule has 0 saturated carbocycles. The molecule has 0 radical (unpaired) electrons. The Kier molecular flexibility index (Phi) is 14.0. The van der Waals surface area contributed by atoms with Crippen LogP contribution in [0.25, 0.3) is 0 Å². The molecular formula is C21H36Cl2Si. The third kappa shape index (κ3) is 11.6. The molecule has 1 aromatic carbocycles. The quantitative estimate of drug-likeness (QED) is 0.162. The molecule has 0 saturated heterocycles. The van der Waals surface area contributed by atoms with Gasteiger partial charge in [0.05, 0.1) is 0 Å². The molecular weight excluding hydrogens is 351 g/mol. The van der Waals surface area contributed by atoms with E-state index >= 15 is 0 Å². The van der Waals surface area contributed by atoms with Gasteiger partial charge in [-0.3, -0.25) is 0 Å². The maximum atomic E-state index is 6.33. The highest BCUT2D eigenvalue weighted by Gasteiger charge is 2.19. The van der Waals surface area contributed by atoms with Gasteiger partial charge in [-0.1, -0.05) is 114 Å². The lowest BCUT2D eigenvalue weighted by molar-refractivity contribution is 0.539. The topological polar surface area (TPSA) is 0 Å². The summed E-state index contributed by atoms with van der Waals surface area (Å²) in [7, 11) is -1.60. The molecule has 3 heteroatoms. The summed E-state index contributed by atoms with van der Waals surface area (Å²) in [6.07, 6.45) is 17.6. The fraction of sp³-hybridized carbons (Fsp3) is 0.714. The predicted octanol–water partition coefficient (Wildman–Crippen LogP) is 8.00. The van der Waals surface area contributed by atoms with Crippen molar-refractivity contribution in [1.82, 2.24) is 0 Å². The highest BCUT2D eigenvalue weighted by atomic mass is 35.7. The summed E-state index contributed by atoms with van der Waals surface area (Å²) in [6, 6.07) is 10.7. The summed E-state index contributed by atoms with van der Waals surface area (Å²) in [4.78, 5) is 0. The Bertz CT molecular complexity index is 381. The van der Waals surface area contributed by atoms with E-state index < -0.39 is 7.42 Å². The van der Waals surface area contributed by atoms with Gasteiger partial charge in [0.2, 0.25) is 7.42 Å². The Balaban J connectivity index is 2.01. The van der Waals surface area contributed by atoms with Gasteiger partial charge in [0.1, 0.15) is 0 Å². The maximum absolute atomic E-state index is 6.33. The number of hydrogen-bond donors (Lipinski definition) is 0. The fourth-order valence-corrected chi connectivity index (χ4v) is 5.53. The largest absolute Gasteiger partial charge is 0.240 e. The molecule has 1 atom stereocenters. The highest BCUT2D eigenvalue weighted by molar-refractivity contribution is 7.34. The number of rotatable bonds is 15. The summed E-state index contributed by atoms with van der Waals surface area (Å²) in [5.74, 6) is 0. The molecule has 0 spiro atoms.